The third-order valence-corrected chi connectivity index (χ3v) is 8.21. The summed E-state index contributed by atoms with van der Waals surface area (Å²) in [5, 5.41) is 12.8. The number of anilines is 3. The number of imidazole rings is 1. The van der Waals surface area contributed by atoms with Crippen molar-refractivity contribution in [1.82, 2.24) is 35.1 Å². The maximum atomic E-state index is 13.9. The van der Waals surface area contributed by atoms with E-state index in [9.17, 15) is 14.4 Å². The molecule has 1 aliphatic heterocycles. The summed E-state index contributed by atoms with van der Waals surface area (Å²) in [6.07, 6.45) is 7.95. The Kier molecular flexibility index (Phi) is 9.52. The normalized spacial score (nSPS) is 16.1. The number of likely N-dealkylation sites (N-methyl/N-ethyl adjacent to an activating group) is 1. The maximum Gasteiger partial charge on any atom is 0.247 e. The standard InChI is InChI=1S/C33H41N9O4/c1-20(34-5)30(43)40-28(33(2,3)4)32(45)42-14-7-8-26(42)31(44)39-25-16-23-24(17-27(25)46-6)36-18-37-29(23)38-21-9-11-22(12-10-21)41-15-13-35-19-41/h9-13,15-20,26,28,34H,7-8,14H2,1-6H3,(H,39,44)(H,40,43)(H,36,37,38). The van der Waals surface area contributed by atoms with Gasteiger partial charge in [-0.15, -0.1) is 0 Å². The second-order valence-electron chi connectivity index (χ2n) is 12.4. The van der Waals surface area contributed by atoms with Crippen molar-refractivity contribution in [3.8, 4) is 11.4 Å². The van der Waals surface area contributed by atoms with E-state index in [-0.39, 0.29) is 17.7 Å². The molecule has 0 spiro atoms. The molecule has 13 nitrogen and oxygen atoms in total. The van der Waals surface area contributed by atoms with Crippen LogP contribution in [0.15, 0.2) is 61.4 Å². The minimum absolute atomic E-state index is 0.280. The van der Waals surface area contributed by atoms with Crippen LogP contribution in [0.2, 0.25) is 0 Å². The summed E-state index contributed by atoms with van der Waals surface area (Å²) in [5.74, 6) is 0.0686. The van der Waals surface area contributed by atoms with Crippen molar-refractivity contribution in [3.05, 3.63) is 61.4 Å². The van der Waals surface area contributed by atoms with Gasteiger partial charge in [0.1, 0.15) is 30.0 Å². The van der Waals surface area contributed by atoms with Gasteiger partial charge in [0.15, 0.2) is 0 Å². The van der Waals surface area contributed by atoms with Gasteiger partial charge < -0.3 is 35.5 Å². The molecule has 3 unspecified atom stereocenters. The fourth-order valence-corrected chi connectivity index (χ4v) is 5.45. The summed E-state index contributed by atoms with van der Waals surface area (Å²) in [5.41, 5.74) is 2.26. The third kappa shape index (κ3) is 6.94. The van der Waals surface area contributed by atoms with Crippen molar-refractivity contribution in [2.75, 3.05) is 31.3 Å². The van der Waals surface area contributed by atoms with Crippen LogP contribution in [0.3, 0.4) is 0 Å². The Bertz CT molecular complexity index is 1700. The van der Waals surface area contributed by atoms with E-state index in [0.29, 0.717) is 47.5 Å². The summed E-state index contributed by atoms with van der Waals surface area (Å²) >= 11 is 0. The lowest BCUT2D eigenvalue weighted by Crippen LogP contribution is -2.59. The first-order valence-electron chi connectivity index (χ1n) is 15.3. The number of amides is 3. The molecule has 0 saturated carbocycles. The van der Waals surface area contributed by atoms with E-state index in [2.05, 4.69) is 36.2 Å². The molecule has 1 aliphatic rings. The largest absolute Gasteiger partial charge is 0.494 e. The molecule has 0 radical (unpaired) electrons. The highest BCUT2D eigenvalue weighted by Crippen LogP contribution is 2.34. The first-order chi connectivity index (χ1) is 22.0. The van der Waals surface area contributed by atoms with Crippen molar-refractivity contribution >= 4 is 45.8 Å². The predicted octanol–water partition coefficient (Wildman–Crippen LogP) is 3.64. The number of hydrogen-bond acceptors (Lipinski definition) is 9. The molecular formula is C33H41N9O4. The zero-order chi connectivity index (χ0) is 33.0. The van der Waals surface area contributed by atoms with Crippen molar-refractivity contribution in [3.63, 3.8) is 0 Å². The van der Waals surface area contributed by atoms with Crippen LogP contribution in [0.5, 0.6) is 5.75 Å². The molecule has 4 aromatic rings. The SMILES string of the molecule is CNC(C)C(=O)NC(C(=O)N1CCCC1C(=O)Nc1cc2c(Nc3ccc(-n4ccnc4)cc3)ncnc2cc1OC)C(C)(C)C. The van der Waals surface area contributed by atoms with E-state index in [1.165, 1.54) is 13.4 Å². The fraction of sp³-hybridized carbons (Fsp3) is 0.394. The first-order valence-corrected chi connectivity index (χ1v) is 15.3. The van der Waals surface area contributed by atoms with Crippen LogP contribution in [0.1, 0.15) is 40.5 Å². The Morgan fingerprint density at radius 2 is 1.85 bits per heavy atom. The summed E-state index contributed by atoms with van der Waals surface area (Å²) in [6, 6.07) is 9.33. The van der Waals surface area contributed by atoms with Gasteiger partial charge in [0, 0.05) is 41.8 Å². The summed E-state index contributed by atoms with van der Waals surface area (Å²) in [4.78, 5) is 54.9. The van der Waals surface area contributed by atoms with E-state index >= 15 is 0 Å². The van der Waals surface area contributed by atoms with E-state index in [1.54, 1.807) is 43.5 Å². The van der Waals surface area contributed by atoms with Crippen LogP contribution < -0.4 is 26.0 Å². The summed E-state index contributed by atoms with van der Waals surface area (Å²) in [6.45, 7) is 7.83. The van der Waals surface area contributed by atoms with Crippen molar-refractivity contribution in [1.29, 1.82) is 0 Å². The van der Waals surface area contributed by atoms with E-state index < -0.39 is 23.5 Å². The minimum atomic E-state index is -0.806. The van der Waals surface area contributed by atoms with Gasteiger partial charge in [0.05, 0.1) is 30.7 Å². The van der Waals surface area contributed by atoms with Gasteiger partial charge in [-0.25, -0.2) is 15.0 Å². The Labute approximate surface area is 268 Å². The monoisotopic (exact) mass is 627 g/mol. The number of nitrogens with one attached hydrogen (secondary N) is 4. The van der Waals surface area contributed by atoms with Crippen LogP contribution in [-0.2, 0) is 14.4 Å². The molecule has 3 atom stereocenters. The molecule has 4 N–H and O–H groups in total. The zero-order valence-corrected chi connectivity index (χ0v) is 27.0. The van der Waals surface area contributed by atoms with Crippen LogP contribution in [-0.4, -0.2) is 81.0 Å². The van der Waals surface area contributed by atoms with Gasteiger partial charge in [-0.2, -0.15) is 0 Å². The number of aromatic nitrogens is 4. The quantitative estimate of drug-likeness (QED) is 0.206. The topological polar surface area (TPSA) is 155 Å². The number of benzene rings is 2. The van der Waals surface area contributed by atoms with E-state index in [0.717, 1.165) is 11.4 Å². The van der Waals surface area contributed by atoms with Crippen molar-refractivity contribution < 1.29 is 19.1 Å². The molecule has 0 aliphatic carbocycles. The summed E-state index contributed by atoms with van der Waals surface area (Å²) < 4.78 is 7.53. The molecule has 46 heavy (non-hydrogen) atoms. The maximum absolute atomic E-state index is 13.9. The third-order valence-electron chi connectivity index (χ3n) is 8.21. The Morgan fingerprint density at radius 3 is 2.50 bits per heavy atom. The van der Waals surface area contributed by atoms with Gasteiger partial charge in [-0.3, -0.25) is 14.4 Å². The number of rotatable bonds is 10. The average Bonchev–Trinajstić information content (AvgIpc) is 3.76. The van der Waals surface area contributed by atoms with Crippen LogP contribution in [0.4, 0.5) is 17.2 Å². The lowest BCUT2D eigenvalue weighted by molar-refractivity contribution is -0.143. The number of nitrogens with zero attached hydrogens (tertiary/aromatic N) is 5. The molecule has 13 heteroatoms. The van der Waals surface area contributed by atoms with Crippen molar-refractivity contribution in [2.24, 2.45) is 5.41 Å². The van der Waals surface area contributed by atoms with E-state index in [4.69, 9.17) is 4.74 Å². The molecule has 2 aromatic heterocycles. The van der Waals surface area contributed by atoms with Gasteiger partial charge in [-0.05, 0) is 62.6 Å². The number of hydrogen-bond donors (Lipinski definition) is 4. The molecule has 5 rings (SSSR count). The van der Waals surface area contributed by atoms with Crippen LogP contribution >= 0.6 is 0 Å². The second-order valence-corrected chi connectivity index (χ2v) is 12.4. The number of fused-ring (bicyclic) bond motifs is 1. The Balaban J connectivity index is 1.37. The van der Waals surface area contributed by atoms with Gasteiger partial charge in [0.25, 0.3) is 0 Å². The number of carbonyl (C=O) groups excluding carboxylic acids is 3. The number of likely N-dealkylation sites (tertiary alicyclic amines) is 1. The molecule has 3 heterocycles. The lowest BCUT2D eigenvalue weighted by atomic mass is 9.85. The van der Waals surface area contributed by atoms with Gasteiger partial charge in [0.2, 0.25) is 17.7 Å². The second kappa shape index (κ2) is 13.5. The Hall–Kier alpha value is -5.04. The van der Waals surface area contributed by atoms with Crippen LogP contribution in [0, 0.1) is 5.41 Å². The van der Waals surface area contributed by atoms with Gasteiger partial charge >= 0.3 is 0 Å². The highest BCUT2D eigenvalue weighted by atomic mass is 16.5. The number of carbonyl (C=O) groups is 3. The molecule has 2 aromatic carbocycles. The van der Waals surface area contributed by atoms with Gasteiger partial charge in [-0.1, -0.05) is 20.8 Å². The smallest absolute Gasteiger partial charge is 0.247 e. The highest BCUT2D eigenvalue weighted by Gasteiger charge is 2.42. The molecular weight excluding hydrogens is 586 g/mol. The highest BCUT2D eigenvalue weighted by molar-refractivity contribution is 6.03. The number of methoxy groups -OCH3 is 1. The Morgan fingerprint density at radius 1 is 1.09 bits per heavy atom. The molecule has 3 amide bonds. The number of ether oxygens (including phenoxy) is 1. The summed E-state index contributed by atoms with van der Waals surface area (Å²) in [7, 11) is 3.21. The average molecular weight is 628 g/mol. The molecule has 242 valence electrons. The van der Waals surface area contributed by atoms with Crippen LogP contribution in [0.25, 0.3) is 16.6 Å². The predicted molar refractivity (Wildman–Crippen MR) is 176 cm³/mol. The van der Waals surface area contributed by atoms with Crippen molar-refractivity contribution in [2.45, 2.75) is 58.7 Å². The zero-order valence-electron chi connectivity index (χ0n) is 27.0. The first kappa shape index (κ1) is 32.4. The molecule has 1 fully saturated rings. The minimum Gasteiger partial charge on any atom is -0.494 e. The fourth-order valence-electron chi connectivity index (χ4n) is 5.45. The van der Waals surface area contributed by atoms with E-state index in [1.807, 2.05) is 55.8 Å². The lowest BCUT2D eigenvalue weighted by Gasteiger charge is -2.36. The molecule has 1 saturated heterocycles. The molecule has 0 bridgehead atoms.